The summed E-state index contributed by atoms with van der Waals surface area (Å²) in [7, 11) is 1.86. The van der Waals surface area contributed by atoms with Crippen molar-refractivity contribution in [3.05, 3.63) is 17.5 Å². The summed E-state index contributed by atoms with van der Waals surface area (Å²) in [5.74, 6) is 0.726. The summed E-state index contributed by atoms with van der Waals surface area (Å²) in [6.45, 7) is 6.23. The lowest BCUT2D eigenvalue weighted by molar-refractivity contribution is -0.119. The zero-order valence-corrected chi connectivity index (χ0v) is 15.7. The Balaban J connectivity index is 1.93. The van der Waals surface area contributed by atoms with Gasteiger partial charge in [-0.05, 0) is 24.3 Å². The predicted molar refractivity (Wildman–Crippen MR) is 96.0 cm³/mol. The molecule has 0 aromatic carbocycles. The van der Waals surface area contributed by atoms with Crippen molar-refractivity contribution in [2.75, 3.05) is 6.54 Å². The molecule has 0 fully saturated rings. The molecule has 9 heteroatoms. The molecule has 0 saturated heterocycles. The van der Waals surface area contributed by atoms with Crippen LogP contribution in [0.25, 0.3) is 10.7 Å². The number of imide groups is 1. The Labute approximate surface area is 149 Å². The highest BCUT2D eigenvalue weighted by molar-refractivity contribution is 8.00. The number of thiophene rings is 1. The van der Waals surface area contributed by atoms with Crippen LogP contribution in [0.1, 0.15) is 20.8 Å². The molecule has 0 aliphatic carbocycles. The summed E-state index contributed by atoms with van der Waals surface area (Å²) in [5, 5.41) is 15.4. The lowest BCUT2D eigenvalue weighted by atomic mass is 10.2. The molecule has 2 rings (SSSR count). The maximum Gasteiger partial charge on any atom is 0.321 e. The van der Waals surface area contributed by atoms with Gasteiger partial charge in [0.15, 0.2) is 11.0 Å². The van der Waals surface area contributed by atoms with E-state index in [4.69, 9.17) is 0 Å². The van der Waals surface area contributed by atoms with Crippen LogP contribution in [0.2, 0.25) is 0 Å². The number of nitrogens with one attached hydrogen (secondary N) is 2. The number of rotatable bonds is 6. The average Bonchev–Trinajstić information content (AvgIpc) is 3.16. The van der Waals surface area contributed by atoms with Gasteiger partial charge >= 0.3 is 6.03 Å². The number of hydrogen-bond acceptors (Lipinski definition) is 6. The summed E-state index contributed by atoms with van der Waals surface area (Å²) in [6.07, 6.45) is 0. The van der Waals surface area contributed by atoms with Gasteiger partial charge in [0.25, 0.3) is 0 Å². The SMILES string of the molecule is CC(C)CNC(=O)NC(=O)C(C)Sc1nnc(-c2cccs2)n1C. The van der Waals surface area contributed by atoms with Gasteiger partial charge in [-0.25, -0.2) is 4.79 Å². The van der Waals surface area contributed by atoms with Crippen LogP contribution in [-0.4, -0.2) is 38.5 Å². The number of aromatic nitrogens is 3. The van der Waals surface area contributed by atoms with Gasteiger partial charge in [-0.2, -0.15) is 0 Å². The summed E-state index contributed by atoms with van der Waals surface area (Å²) < 4.78 is 1.85. The summed E-state index contributed by atoms with van der Waals surface area (Å²) in [6, 6.07) is 3.45. The molecular weight excluding hydrogens is 346 g/mol. The Hall–Kier alpha value is -1.87. The van der Waals surface area contributed by atoms with Crippen LogP contribution in [0.4, 0.5) is 4.79 Å². The van der Waals surface area contributed by atoms with Gasteiger partial charge in [-0.1, -0.05) is 31.7 Å². The maximum absolute atomic E-state index is 12.1. The van der Waals surface area contributed by atoms with E-state index in [1.165, 1.54) is 11.8 Å². The minimum atomic E-state index is -0.474. The van der Waals surface area contributed by atoms with Gasteiger partial charge in [-0.3, -0.25) is 10.1 Å². The summed E-state index contributed by atoms with van der Waals surface area (Å²) >= 11 is 2.84. The van der Waals surface area contributed by atoms with Crippen molar-refractivity contribution < 1.29 is 9.59 Å². The summed E-state index contributed by atoms with van der Waals surface area (Å²) in [5.41, 5.74) is 0. The van der Waals surface area contributed by atoms with Crippen LogP contribution in [0, 0.1) is 5.92 Å². The van der Waals surface area contributed by atoms with Gasteiger partial charge in [0, 0.05) is 13.6 Å². The van der Waals surface area contributed by atoms with Gasteiger partial charge in [-0.15, -0.1) is 21.5 Å². The van der Waals surface area contributed by atoms with Crippen molar-refractivity contribution in [3.8, 4) is 10.7 Å². The third kappa shape index (κ3) is 4.81. The van der Waals surface area contributed by atoms with E-state index in [1.807, 2.05) is 43.0 Å². The second-order valence-electron chi connectivity index (χ2n) is 5.70. The minimum absolute atomic E-state index is 0.326. The molecule has 0 aliphatic rings. The van der Waals surface area contributed by atoms with E-state index in [9.17, 15) is 9.59 Å². The number of amides is 3. The quantitative estimate of drug-likeness (QED) is 0.766. The molecule has 0 spiro atoms. The highest BCUT2D eigenvalue weighted by Gasteiger charge is 2.21. The second kappa shape index (κ2) is 8.29. The van der Waals surface area contributed by atoms with E-state index in [2.05, 4.69) is 20.8 Å². The van der Waals surface area contributed by atoms with E-state index < -0.39 is 11.3 Å². The minimum Gasteiger partial charge on any atom is -0.338 e. The lowest BCUT2D eigenvalue weighted by Gasteiger charge is -2.12. The lowest BCUT2D eigenvalue weighted by Crippen LogP contribution is -2.43. The van der Waals surface area contributed by atoms with Crippen molar-refractivity contribution in [3.63, 3.8) is 0 Å². The average molecular weight is 368 g/mol. The topological polar surface area (TPSA) is 88.9 Å². The Morgan fingerprint density at radius 3 is 2.71 bits per heavy atom. The van der Waals surface area contributed by atoms with E-state index in [0.717, 1.165) is 10.7 Å². The molecule has 0 aliphatic heterocycles. The molecule has 2 N–H and O–H groups in total. The molecule has 1 atom stereocenters. The second-order valence-corrected chi connectivity index (χ2v) is 7.95. The Kier molecular flexibility index (Phi) is 6.38. The Bertz CT molecular complexity index is 697. The molecule has 2 aromatic rings. The Morgan fingerprint density at radius 2 is 2.08 bits per heavy atom. The van der Waals surface area contributed by atoms with Crippen molar-refractivity contribution in [1.29, 1.82) is 0 Å². The van der Waals surface area contributed by atoms with E-state index >= 15 is 0 Å². The number of nitrogens with zero attached hydrogens (tertiary/aromatic N) is 3. The van der Waals surface area contributed by atoms with E-state index in [-0.39, 0.29) is 5.91 Å². The number of carbonyl (C=O) groups is 2. The molecule has 0 radical (unpaired) electrons. The molecule has 0 bridgehead atoms. The van der Waals surface area contributed by atoms with Gasteiger partial charge in [0.2, 0.25) is 5.91 Å². The molecular formula is C15H21N5O2S2. The molecule has 0 saturated carbocycles. The van der Waals surface area contributed by atoms with Crippen LogP contribution in [0.15, 0.2) is 22.7 Å². The fraction of sp³-hybridized carbons (Fsp3) is 0.467. The van der Waals surface area contributed by atoms with Crippen molar-refractivity contribution in [2.24, 2.45) is 13.0 Å². The standard InChI is InChI=1S/C15H21N5O2S2/c1-9(2)8-16-14(22)17-13(21)10(3)24-15-19-18-12(20(15)4)11-6-5-7-23-11/h5-7,9-10H,8H2,1-4H3,(H2,16,17,21,22). The van der Waals surface area contributed by atoms with Crippen LogP contribution < -0.4 is 10.6 Å². The first kappa shape index (κ1) is 18.5. The van der Waals surface area contributed by atoms with Crippen LogP contribution in [-0.2, 0) is 11.8 Å². The third-order valence-electron chi connectivity index (χ3n) is 3.14. The summed E-state index contributed by atoms with van der Waals surface area (Å²) in [4.78, 5) is 24.8. The van der Waals surface area contributed by atoms with Gasteiger partial charge < -0.3 is 9.88 Å². The van der Waals surface area contributed by atoms with Crippen LogP contribution >= 0.6 is 23.1 Å². The highest BCUT2D eigenvalue weighted by Crippen LogP contribution is 2.27. The van der Waals surface area contributed by atoms with Crippen molar-refractivity contribution >= 4 is 35.0 Å². The van der Waals surface area contributed by atoms with Crippen molar-refractivity contribution in [2.45, 2.75) is 31.2 Å². The molecule has 2 heterocycles. The zero-order valence-electron chi connectivity index (χ0n) is 14.1. The van der Waals surface area contributed by atoms with Crippen molar-refractivity contribution in [1.82, 2.24) is 25.4 Å². The van der Waals surface area contributed by atoms with E-state index in [1.54, 1.807) is 18.3 Å². The fourth-order valence-corrected chi connectivity index (χ4v) is 3.36. The fourth-order valence-electron chi connectivity index (χ4n) is 1.80. The number of carbonyl (C=O) groups excluding carboxylic acids is 2. The first-order valence-electron chi connectivity index (χ1n) is 7.57. The zero-order chi connectivity index (χ0) is 17.7. The first-order valence-corrected chi connectivity index (χ1v) is 9.33. The highest BCUT2D eigenvalue weighted by atomic mass is 32.2. The molecule has 24 heavy (non-hydrogen) atoms. The Morgan fingerprint density at radius 1 is 1.33 bits per heavy atom. The molecule has 7 nitrogen and oxygen atoms in total. The van der Waals surface area contributed by atoms with Crippen LogP contribution in [0.5, 0.6) is 0 Å². The first-order chi connectivity index (χ1) is 11.4. The molecule has 2 aromatic heterocycles. The largest absolute Gasteiger partial charge is 0.338 e. The predicted octanol–water partition coefficient (Wildman–Crippen LogP) is 2.51. The molecule has 130 valence electrons. The molecule has 1 unspecified atom stereocenters. The monoisotopic (exact) mass is 367 g/mol. The number of hydrogen-bond donors (Lipinski definition) is 2. The number of thioether (sulfide) groups is 1. The van der Waals surface area contributed by atoms with Gasteiger partial charge in [0.05, 0.1) is 10.1 Å². The normalized spacial score (nSPS) is 12.2. The third-order valence-corrected chi connectivity index (χ3v) is 5.14. The van der Waals surface area contributed by atoms with E-state index in [0.29, 0.717) is 17.6 Å². The smallest absolute Gasteiger partial charge is 0.321 e. The number of urea groups is 1. The van der Waals surface area contributed by atoms with Gasteiger partial charge in [0.1, 0.15) is 0 Å². The molecule has 3 amide bonds. The maximum atomic E-state index is 12.1. The van der Waals surface area contributed by atoms with Crippen LogP contribution in [0.3, 0.4) is 0 Å².